The number of hydrogen-bond acceptors (Lipinski definition) is 11. The third kappa shape index (κ3) is 6.60. The second-order valence-electron chi connectivity index (χ2n) is 15.6. The molecule has 4 fully saturated rings. The van der Waals surface area contributed by atoms with Gasteiger partial charge in [-0.25, -0.2) is 4.85 Å². The monoisotopic (exact) mass is 778 g/mol. The van der Waals surface area contributed by atoms with Gasteiger partial charge in [0.1, 0.15) is 23.1 Å². The van der Waals surface area contributed by atoms with Crippen LogP contribution >= 0.6 is 11.6 Å². The van der Waals surface area contributed by atoms with Gasteiger partial charge in [-0.05, 0) is 74.1 Å². The molecule has 288 valence electrons. The van der Waals surface area contributed by atoms with Crippen molar-refractivity contribution in [3.63, 3.8) is 0 Å². The van der Waals surface area contributed by atoms with Gasteiger partial charge in [0.15, 0.2) is 11.5 Å². The zero-order valence-electron chi connectivity index (χ0n) is 30.5. The van der Waals surface area contributed by atoms with Gasteiger partial charge in [-0.1, -0.05) is 17.7 Å². The maximum Gasteiger partial charge on any atom is 0.272 e. The van der Waals surface area contributed by atoms with E-state index >= 15 is 0 Å². The Bertz CT molecular complexity index is 2140. The SMILES string of the molecule is [C-]#[N+]c1ccc(OC2CCC(NC(=O)c3ccc(N4CC(N5CCC6(CC5)Cc5cc7c(cc5O6)C(=O)N(C5CCC(=O)NC5=O)C7=O)C4)nn3)CC2)cc1Cl. The van der Waals surface area contributed by atoms with Gasteiger partial charge in [0.2, 0.25) is 17.5 Å². The predicted molar refractivity (Wildman–Crippen MR) is 201 cm³/mol. The van der Waals surface area contributed by atoms with Gasteiger partial charge in [-0.3, -0.25) is 39.1 Å². The van der Waals surface area contributed by atoms with E-state index in [-0.39, 0.29) is 47.7 Å². The molecule has 6 aliphatic rings. The van der Waals surface area contributed by atoms with Crippen LogP contribution in [0.15, 0.2) is 42.5 Å². The van der Waals surface area contributed by atoms with Crippen LogP contribution in [0.4, 0.5) is 11.5 Å². The minimum Gasteiger partial charge on any atom is -0.490 e. The van der Waals surface area contributed by atoms with Crippen LogP contribution in [0.3, 0.4) is 0 Å². The molecule has 0 radical (unpaired) electrons. The number of carbonyl (C=O) groups is 5. The number of imide groups is 2. The molecule has 6 heterocycles. The van der Waals surface area contributed by atoms with Crippen LogP contribution in [0.25, 0.3) is 4.85 Å². The molecule has 1 saturated carbocycles. The van der Waals surface area contributed by atoms with E-state index in [1.165, 1.54) is 0 Å². The van der Waals surface area contributed by atoms with E-state index in [0.717, 1.165) is 81.0 Å². The van der Waals surface area contributed by atoms with Gasteiger partial charge in [0.05, 0.1) is 28.8 Å². The number of hydrogen-bond donors (Lipinski definition) is 2. The molecular weight excluding hydrogens is 740 g/mol. The summed E-state index contributed by atoms with van der Waals surface area (Å²) in [6, 6.07) is 11.4. The van der Waals surface area contributed by atoms with E-state index in [0.29, 0.717) is 34.7 Å². The van der Waals surface area contributed by atoms with Crippen molar-refractivity contribution in [3.8, 4) is 11.5 Å². The van der Waals surface area contributed by atoms with Crippen LogP contribution in [0.5, 0.6) is 11.5 Å². The molecule has 16 heteroatoms. The second kappa shape index (κ2) is 14.2. The topological polar surface area (TPSA) is 168 Å². The molecule has 1 aliphatic carbocycles. The maximum atomic E-state index is 13.3. The van der Waals surface area contributed by atoms with Crippen molar-refractivity contribution >= 4 is 52.6 Å². The van der Waals surface area contributed by atoms with E-state index in [1.807, 2.05) is 6.07 Å². The molecule has 5 amide bonds. The molecule has 3 saturated heterocycles. The van der Waals surface area contributed by atoms with Gasteiger partial charge in [0, 0.05) is 63.9 Å². The highest BCUT2D eigenvalue weighted by Gasteiger charge is 2.49. The Balaban J connectivity index is 0.724. The lowest BCUT2D eigenvalue weighted by molar-refractivity contribution is -0.136. The highest BCUT2D eigenvalue weighted by Crippen LogP contribution is 2.44. The Kier molecular flexibility index (Phi) is 9.13. The fourth-order valence-corrected chi connectivity index (χ4v) is 9.10. The summed E-state index contributed by atoms with van der Waals surface area (Å²) in [5, 5.41) is 14.3. The summed E-state index contributed by atoms with van der Waals surface area (Å²) in [6.07, 6.45) is 5.58. The molecule has 1 aromatic heterocycles. The summed E-state index contributed by atoms with van der Waals surface area (Å²) < 4.78 is 12.6. The molecule has 9 rings (SSSR count). The minimum atomic E-state index is -1.000. The number of halogens is 1. The number of anilines is 1. The van der Waals surface area contributed by atoms with Crippen LogP contribution in [0.2, 0.25) is 5.02 Å². The molecule has 1 unspecified atom stereocenters. The standard InChI is InChI=1S/C40H39ClN8O7/c1-42-30-7-6-26(17-29(30)41)55-25-4-2-23(3-5-25)43-36(51)31-8-10-34(46-45-31)48-20-24(21-48)47-14-12-40(13-15-47)19-22-16-27-28(18-33(22)56-40)39(54)49(38(27)53)32-9-11-35(50)44-37(32)52/h6-8,10,16-18,23-25,32H,2-5,9,11-15,19-21H2,(H,43,51)(H,44,50,52). The Morgan fingerprint density at radius 1 is 0.964 bits per heavy atom. The summed E-state index contributed by atoms with van der Waals surface area (Å²) >= 11 is 6.15. The van der Waals surface area contributed by atoms with Crippen molar-refractivity contribution in [1.29, 1.82) is 0 Å². The predicted octanol–water partition coefficient (Wildman–Crippen LogP) is 3.86. The molecular formula is C40H39ClN8O7. The van der Waals surface area contributed by atoms with Crippen molar-refractivity contribution in [3.05, 3.63) is 81.3 Å². The first kappa shape index (κ1) is 36.1. The van der Waals surface area contributed by atoms with E-state index in [4.69, 9.17) is 27.6 Å². The molecule has 56 heavy (non-hydrogen) atoms. The van der Waals surface area contributed by atoms with E-state index < -0.39 is 35.3 Å². The Labute approximate surface area is 327 Å². The Hall–Kier alpha value is -5.59. The molecule has 0 bridgehead atoms. The van der Waals surface area contributed by atoms with Crippen LogP contribution in [-0.2, 0) is 16.0 Å². The molecule has 1 atom stereocenters. The molecule has 5 aliphatic heterocycles. The maximum absolute atomic E-state index is 13.3. The molecule has 2 N–H and O–H groups in total. The normalized spacial score (nSPS) is 24.5. The fourth-order valence-electron chi connectivity index (χ4n) is 8.88. The lowest BCUT2D eigenvalue weighted by atomic mass is 9.85. The lowest BCUT2D eigenvalue weighted by Crippen LogP contribution is -2.62. The highest BCUT2D eigenvalue weighted by molar-refractivity contribution is 6.33. The molecule has 1 spiro atoms. The summed E-state index contributed by atoms with van der Waals surface area (Å²) in [7, 11) is 0. The number of benzene rings is 2. The first-order valence-corrected chi connectivity index (χ1v) is 19.5. The largest absolute Gasteiger partial charge is 0.490 e. The minimum absolute atomic E-state index is 0.0157. The van der Waals surface area contributed by atoms with E-state index in [1.54, 1.807) is 36.4 Å². The lowest BCUT2D eigenvalue weighted by Gasteiger charge is -2.49. The van der Waals surface area contributed by atoms with Crippen molar-refractivity contribution in [2.24, 2.45) is 0 Å². The zero-order valence-corrected chi connectivity index (χ0v) is 31.2. The molecule has 3 aromatic rings. The number of likely N-dealkylation sites (tertiary alicyclic amines) is 1. The number of ether oxygens (including phenoxy) is 2. The van der Waals surface area contributed by atoms with Crippen molar-refractivity contribution in [2.75, 3.05) is 31.1 Å². The fraction of sp³-hybridized carbons (Fsp3) is 0.450. The molecule has 2 aromatic carbocycles. The summed E-state index contributed by atoms with van der Waals surface area (Å²) in [5.41, 5.74) is 1.68. The van der Waals surface area contributed by atoms with Crippen molar-refractivity contribution < 1.29 is 33.4 Å². The number of rotatable bonds is 7. The first-order chi connectivity index (χ1) is 27.1. The number of fused-ring (bicyclic) bond motifs is 2. The van der Waals surface area contributed by atoms with Gasteiger partial charge in [-0.15, -0.1) is 10.2 Å². The number of aromatic nitrogens is 2. The summed E-state index contributed by atoms with van der Waals surface area (Å²) in [4.78, 5) is 72.7. The van der Waals surface area contributed by atoms with Crippen LogP contribution in [-0.4, -0.2) is 106 Å². The zero-order chi connectivity index (χ0) is 38.7. The van der Waals surface area contributed by atoms with Gasteiger partial charge >= 0.3 is 0 Å². The van der Waals surface area contributed by atoms with E-state index in [9.17, 15) is 24.0 Å². The Morgan fingerprint density at radius 2 is 1.71 bits per heavy atom. The van der Waals surface area contributed by atoms with Crippen LogP contribution < -0.4 is 25.0 Å². The number of amides is 5. The average molecular weight is 779 g/mol. The third-order valence-electron chi connectivity index (χ3n) is 12.1. The van der Waals surface area contributed by atoms with Gasteiger partial charge < -0.3 is 19.7 Å². The number of piperidine rings is 2. The summed E-state index contributed by atoms with van der Waals surface area (Å²) in [6.45, 7) is 10.4. The summed E-state index contributed by atoms with van der Waals surface area (Å²) in [5.74, 6) is -0.337. The molecule has 15 nitrogen and oxygen atoms in total. The quantitative estimate of drug-likeness (QED) is 0.264. The van der Waals surface area contributed by atoms with Gasteiger partial charge in [-0.2, -0.15) is 0 Å². The van der Waals surface area contributed by atoms with Crippen LogP contribution in [0.1, 0.15) is 88.1 Å². The number of carbonyl (C=O) groups excluding carboxylic acids is 5. The van der Waals surface area contributed by atoms with Gasteiger partial charge in [0.25, 0.3) is 17.7 Å². The third-order valence-corrected chi connectivity index (χ3v) is 12.4. The van der Waals surface area contributed by atoms with E-state index in [2.05, 4.69) is 35.5 Å². The Morgan fingerprint density at radius 3 is 2.39 bits per heavy atom. The first-order valence-electron chi connectivity index (χ1n) is 19.1. The number of nitrogens with one attached hydrogen (secondary N) is 2. The van der Waals surface area contributed by atoms with Crippen molar-refractivity contribution in [1.82, 2.24) is 30.6 Å². The smallest absolute Gasteiger partial charge is 0.272 e. The average Bonchev–Trinajstić information content (AvgIpc) is 3.64. The van der Waals surface area contributed by atoms with Crippen LogP contribution in [0, 0.1) is 6.57 Å². The van der Waals surface area contributed by atoms with Crippen molar-refractivity contribution in [2.45, 2.75) is 87.6 Å². The number of nitrogens with zero attached hydrogens (tertiary/aromatic N) is 6. The second-order valence-corrected chi connectivity index (χ2v) is 16.0. The highest BCUT2D eigenvalue weighted by atomic mass is 35.5.